The second-order valence-electron chi connectivity index (χ2n) is 6.81. The first-order chi connectivity index (χ1) is 12.8. The van der Waals surface area contributed by atoms with Gasteiger partial charge in [-0.2, -0.15) is 4.31 Å². The van der Waals surface area contributed by atoms with Gasteiger partial charge in [-0.25, -0.2) is 13.2 Å². The Labute approximate surface area is 159 Å². The molecule has 0 unspecified atom stereocenters. The van der Waals surface area contributed by atoms with Crippen LogP contribution in [0.5, 0.6) is 5.75 Å². The van der Waals surface area contributed by atoms with Crippen molar-refractivity contribution in [2.24, 2.45) is 0 Å². The molecule has 0 aromatic heterocycles. The van der Waals surface area contributed by atoms with Crippen LogP contribution < -0.4 is 4.74 Å². The lowest BCUT2D eigenvalue weighted by Crippen LogP contribution is -2.48. The van der Waals surface area contributed by atoms with Gasteiger partial charge in [0.25, 0.3) is 0 Å². The van der Waals surface area contributed by atoms with Gasteiger partial charge in [0.1, 0.15) is 5.75 Å². The van der Waals surface area contributed by atoms with E-state index in [4.69, 9.17) is 9.47 Å². The highest BCUT2D eigenvalue weighted by Crippen LogP contribution is 2.22. The van der Waals surface area contributed by atoms with Crippen LogP contribution in [0.1, 0.15) is 29.8 Å². The van der Waals surface area contributed by atoms with E-state index in [1.165, 1.54) is 16.4 Å². The number of carbonyl (C=O) groups is 1. The quantitative estimate of drug-likeness (QED) is 0.594. The SMILES string of the molecule is Cc1ccc(OC(=O)c2cccc(S(=O)(=O)N3C[C@@H](C)O[C@H](C)C3)c2)cc1. The fourth-order valence-electron chi connectivity index (χ4n) is 3.03. The van der Waals surface area contributed by atoms with Crippen molar-refractivity contribution in [3.63, 3.8) is 0 Å². The molecule has 0 saturated carbocycles. The summed E-state index contributed by atoms with van der Waals surface area (Å²) >= 11 is 0. The number of morpholine rings is 1. The molecule has 144 valence electrons. The summed E-state index contributed by atoms with van der Waals surface area (Å²) in [5.74, 6) is -0.186. The monoisotopic (exact) mass is 389 g/mol. The van der Waals surface area contributed by atoms with Crippen molar-refractivity contribution in [2.45, 2.75) is 37.9 Å². The average molecular weight is 389 g/mol. The summed E-state index contributed by atoms with van der Waals surface area (Å²) in [6.45, 7) is 6.18. The van der Waals surface area contributed by atoms with Crippen LogP contribution in [0.4, 0.5) is 0 Å². The lowest BCUT2D eigenvalue weighted by atomic mass is 10.2. The van der Waals surface area contributed by atoms with Crippen molar-refractivity contribution < 1.29 is 22.7 Å². The first kappa shape index (κ1) is 19.5. The fourth-order valence-corrected chi connectivity index (χ4v) is 4.67. The second-order valence-corrected chi connectivity index (χ2v) is 8.75. The molecule has 0 N–H and O–H groups in total. The number of hydrogen-bond acceptors (Lipinski definition) is 5. The molecular weight excluding hydrogens is 366 g/mol. The van der Waals surface area contributed by atoms with Gasteiger partial charge in [0.15, 0.2) is 0 Å². The van der Waals surface area contributed by atoms with Crippen LogP contribution in [0.2, 0.25) is 0 Å². The molecular formula is C20H23NO5S. The molecule has 1 saturated heterocycles. The van der Waals surface area contributed by atoms with Crippen molar-refractivity contribution >= 4 is 16.0 Å². The number of sulfonamides is 1. The lowest BCUT2D eigenvalue weighted by Gasteiger charge is -2.34. The Hall–Kier alpha value is -2.22. The van der Waals surface area contributed by atoms with Crippen molar-refractivity contribution in [1.29, 1.82) is 0 Å². The summed E-state index contributed by atoms with van der Waals surface area (Å²) < 4.78 is 38.3. The van der Waals surface area contributed by atoms with Gasteiger partial charge in [-0.15, -0.1) is 0 Å². The summed E-state index contributed by atoms with van der Waals surface area (Å²) in [4.78, 5) is 12.5. The molecule has 0 radical (unpaired) electrons. The summed E-state index contributed by atoms with van der Waals surface area (Å²) in [6.07, 6.45) is -0.364. The van der Waals surface area contributed by atoms with E-state index in [1.54, 1.807) is 24.3 Å². The molecule has 27 heavy (non-hydrogen) atoms. The zero-order valence-corrected chi connectivity index (χ0v) is 16.4. The Balaban J connectivity index is 1.82. The number of nitrogens with zero attached hydrogens (tertiary/aromatic N) is 1. The highest BCUT2D eigenvalue weighted by atomic mass is 32.2. The first-order valence-corrected chi connectivity index (χ1v) is 10.2. The fraction of sp³-hybridized carbons (Fsp3) is 0.350. The highest BCUT2D eigenvalue weighted by molar-refractivity contribution is 7.89. The molecule has 0 amide bonds. The van der Waals surface area contributed by atoms with Crippen LogP contribution in [0.15, 0.2) is 53.4 Å². The number of hydrogen-bond donors (Lipinski definition) is 0. The van der Waals surface area contributed by atoms with Gasteiger partial charge in [-0.3, -0.25) is 0 Å². The molecule has 0 bridgehead atoms. The van der Waals surface area contributed by atoms with E-state index in [-0.39, 0.29) is 35.8 Å². The Morgan fingerprint density at radius 3 is 2.33 bits per heavy atom. The molecule has 0 spiro atoms. The number of aryl methyl sites for hydroxylation is 1. The zero-order valence-electron chi connectivity index (χ0n) is 15.6. The number of esters is 1. The summed E-state index contributed by atoms with van der Waals surface area (Å²) in [6, 6.07) is 13.0. The average Bonchev–Trinajstić information content (AvgIpc) is 2.63. The number of ether oxygens (including phenoxy) is 2. The van der Waals surface area contributed by atoms with Crippen LogP contribution in [0, 0.1) is 6.92 Å². The number of benzene rings is 2. The molecule has 3 rings (SSSR count). The van der Waals surface area contributed by atoms with Crippen LogP contribution in [0.25, 0.3) is 0 Å². The van der Waals surface area contributed by atoms with Gasteiger partial charge in [0.2, 0.25) is 10.0 Å². The van der Waals surface area contributed by atoms with Crippen LogP contribution in [0.3, 0.4) is 0 Å². The third-order valence-corrected chi connectivity index (χ3v) is 6.15. The minimum Gasteiger partial charge on any atom is -0.423 e. The van der Waals surface area contributed by atoms with E-state index >= 15 is 0 Å². The molecule has 1 heterocycles. The van der Waals surface area contributed by atoms with E-state index < -0.39 is 16.0 Å². The minimum atomic E-state index is -3.72. The zero-order chi connectivity index (χ0) is 19.6. The summed E-state index contributed by atoms with van der Waals surface area (Å²) in [7, 11) is -3.72. The minimum absolute atomic E-state index is 0.0714. The van der Waals surface area contributed by atoms with Crippen LogP contribution in [-0.4, -0.2) is 44.0 Å². The third kappa shape index (κ3) is 4.55. The predicted molar refractivity (Wildman–Crippen MR) is 101 cm³/mol. The normalized spacial score (nSPS) is 21.0. The molecule has 1 aliphatic heterocycles. The topological polar surface area (TPSA) is 72.9 Å². The first-order valence-electron chi connectivity index (χ1n) is 8.80. The standard InChI is InChI=1S/C20H23NO5S/c1-14-7-9-18(10-8-14)26-20(22)17-5-4-6-19(11-17)27(23,24)21-12-15(2)25-16(3)13-21/h4-11,15-16H,12-13H2,1-3H3/t15-,16-/m1/s1. The van der Waals surface area contributed by atoms with E-state index in [0.717, 1.165) is 5.56 Å². The summed E-state index contributed by atoms with van der Waals surface area (Å²) in [5, 5.41) is 0. The van der Waals surface area contributed by atoms with Gasteiger partial charge in [0, 0.05) is 13.1 Å². The Bertz CT molecular complexity index is 914. The smallest absolute Gasteiger partial charge is 0.343 e. The third-order valence-electron chi connectivity index (χ3n) is 4.33. The van der Waals surface area contributed by atoms with Crippen molar-refractivity contribution in [1.82, 2.24) is 4.31 Å². The van der Waals surface area contributed by atoms with Gasteiger partial charge in [-0.1, -0.05) is 23.8 Å². The predicted octanol–water partition coefficient (Wildman–Crippen LogP) is 3.01. The van der Waals surface area contributed by atoms with Gasteiger partial charge in [0.05, 0.1) is 22.7 Å². The molecule has 2 atom stereocenters. The van der Waals surface area contributed by atoms with E-state index in [2.05, 4.69) is 0 Å². The van der Waals surface area contributed by atoms with Gasteiger partial charge in [-0.05, 0) is 51.1 Å². The lowest BCUT2D eigenvalue weighted by molar-refractivity contribution is -0.0440. The van der Waals surface area contributed by atoms with Gasteiger partial charge >= 0.3 is 5.97 Å². The van der Waals surface area contributed by atoms with Crippen molar-refractivity contribution in [2.75, 3.05) is 13.1 Å². The van der Waals surface area contributed by atoms with Crippen molar-refractivity contribution in [3.05, 3.63) is 59.7 Å². The molecule has 2 aromatic rings. The molecule has 0 aliphatic carbocycles. The molecule has 6 nitrogen and oxygen atoms in total. The molecule has 1 aliphatic rings. The molecule has 2 aromatic carbocycles. The van der Waals surface area contributed by atoms with Crippen LogP contribution >= 0.6 is 0 Å². The Morgan fingerprint density at radius 2 is 1.70 bits per heavy atom. The van der Waals surface area contributed by atoms with E-state index in [9.17, 15) is 13.2 Å². The largest absolute Gasteiger partial charge is 0.423 e. The maximum Gasteiger partial charge on any atom is 0.343 e. The number of carbonyl (C=O) groups excluding carboxylic acids is 1. The number of rotatable bonds is 4. The van der Waals surface area contributed by atoms with Gasteiger partial charge < -0.3 is 9.47 Å². The molecule has 1 fully saturated rings. The second kappa shape index (κ2) is 7.80. The highest BCUT2D eigenvalue weighted by Gasteiger charge is 2.32. The maximum absolute atomic E-state index is 13.0. The Kier molecular flexibility index (Phi) is 5.64. The van der Waals surface area contributed by atoms with E-state index in [0.29, 0.717) is 5.75 Å². The Morgan fingerprint density at radius 1 is 1.07 bits per heavy atom. The van der Waals surface area contributed by atoms with Crippen molar-refractivity contribution in [3.8, 4) is 5.75 Å². The maximum atomic E-state index is 13.0. The summed E-state index contributed by atoms with van der Waals surface area (Å²) in [5.41, 5.74) is 1.24. The molecule has 7 heteroatoms. The van der Waals surface area contributed by atoms with E-state index in [1.807, 2.05) is 32.9 Å². The van der Waals surface area contributed by atoms with Crippen LogP contribution in [-0.2, 0) is 14.8 Å².